The van der Waals surface area contributed by atoms with Gasteiger partial charge in [0.05, 0.1) is 0 Å². The highest BCUT2D eigenvalue weighted by atomic mass is 16.3. The molecule has 0 aromatic rings. The molecule has 0 aromatic carbocycles. The molecule has 0 aromatic heterocycles. The molecule has 0 amide bonds. The lowest BCUT2D eigenvalue weighted by atomic mass is 9.32. The molecule has 1 N–H and O–H groups in total. The van der Waals surface area contributed by atoms with E-state index >= 15 is 0 Å². The Kier molecular flexibility index (Phi) is 4.83. The van der Waals surface area contributed by atoms with Crippen LogP contribution in [0.25, 0.3) is 0 Å². The standard InChI is InChI=1S/C29H46O3/c1-17(30)18-10-12-26(4)14-15-28(6)19(23(18)26)8-9-22-27(5)16-20(31)24(32)25(2,3)21(27)11-13-29(22,28)7/h18-23,31H,8-16H2,1-7H3/t18-,19?,20-,21?,22?,23?,26+,27-,28+,29+/m0/s1. The zero-order valence-electron chi connectivity index (χ0n) is 21.6. The average molecular weight is 443 g/mol. The van der Waals surface area contributed by atoms with Crippen molar-refractivity contribution in [3.63, 3.8) is 0 Å². The summed E-state index contributed by atoms with van der Waals surface area (Å²) in [5.41, 5.74) is 0.349. The zero-order valence-corrected chi connectivity index (χ0v) is 21.6. The number of carbonyl (C=O) groups excluding carboxylic acids is 2. The van der Waals surface area contributed by atoms with Crippen molar-refractivity contribution in [3.05, 3.63) is 0 Å². The molecule has 5 aliphatic carbocycles. The van der Waals surface area contributed by atoms with Gasteiger partial charge >= 0.3 is 0 Å². The number of hydrogen-bond donors (Lipinski definition) is 1. The highest BCUT2D eigenvalue weighted by molar-refractivity contribution is 5.89. The van der Waals surface area contributed by atoms with Crippen LogP contribution in [-0.4, -0.2) is 22.8 Å². The van der Waals surface area contributed by atoms with Gasteiger partial charge in [-0.1, -0.05) is 41.5 Å². The van der Waals surface area contributed by atoms with Crippen molar-refractivity contribution in [2.75, 3.05) is 0 Å². The second kappa shape index (κ2) is 6.70. The van der Waals surface area contributed by atoms with Gasteiger partial charge in [-0.25, -0.2) is 0 Å². The number of rotatable bonds is 1. The van der Waals surface area contributed by atoms with Crippen molar-refractivity contribution < 1.29 is 14.7 Å². The first-order valence-corrected chi connectivity index (χ1v) is 13.5. The Balaban J connectivity index is 1.56. The number of carbonyl (C=O) groups is 2. The summed E-state index contributed by atoms with van der Waals surface area (Å²) in [6.45, 7) is 16.1. The van der Waals surface area contributed by atoms with E-state index in [0.717, 1.165) is 12.8 Å². The lowest BCUT2D eigenvalue weighted by molar-refractivity contribution is -0.239. The van der Waals surface area contributed by atoms with Crippen LogP contribution in [0.5, 0.6) is 0 Å². The summed E-state index contributed by atoms with van der Waals surface area (Å²) in [7, 11) is 0. The van der Waals surface area contributed by atoms with Gasteiger partial charge in [0, 0.05) is 11.3 Å². The van der Waals surface area contributed by atoms with Gasteiger partial charge in [-0.2, -0.15) is 0 Å². The number of fused-ring (bicyclic) bond motifs is 7. The van der Waals surface area contributed by atoms with Crippen LogP contribution in [0.15, 0.2) is 0 Å². The zero-order chi connectivity index (χ0) is 23.5. The topological polar surface area (TPSA) is 54.4 Å². The largest absolute Gasteiger partial charge is 0.385 e. The summed E-state index contributed by atoms with van der Waals surface area (Å²) >= 11 is 0. The van der Waals surface area contributed by atoms with Crippen molar-refractivity contribution in [3.8, 4) is 0 Å². The number of hydrogen-bond acceptors (Lipinski definition) is 3. The lowest BCUT2D eigenvalue weighted by Crippen LogP contribution is -2.67. The molecule has 10 atom stereocenters. The van der Waals surface area contributed by atoms with Crippen LogP contribution in [0.1, 0.15) is 106 Å². The molecule has 0 saturated heterocycles. The maximum Gasteiger partial charge on any atom is 0.167 e. The van der Waals surface area contributed by atoms with Gasteiger partial charge in [0.1, 0.15) is 11.9 Å². The van der Waals surface area contributed by atoms with Gasteiger partial charge in [-0.05, 0) is 110 Å². The van der Waals surface area contributed by atoms with Crippen molar-refractivity contribution in [2.45, 2.75) is 112 Å². The van der Waals surface area contributed by atoms with Crippen LogP contribution < -0.4 is 0 Å². The first kappa shape index (κ1) is 23.1. The van der Waals surface area contributed by atoms with E-state index in [0.29, 0.717) is 41.3 Å². The van der Waals surface area contributed by atoms with E-state index < -0.39 is 11.5 Å². The maximum absolute atomic E-state index is 13.0. The molecule has 32 heavy (non-hydrogen) atoms. The summed E-state index contributed by atoms with van der Waals surface area (Å²) in [5, 5.41) is 10.9. The molecule has 5 rings (SSSR count). The fourth-order valence-electron chi connectivity index (χ4n) is 11.3. The van der Waals surface area contributed by atoms with Gasteiger partial charge in [0.15, 0.2) is 5.78 Å². The minimum absolute atomic E-state index is 0.00814. The Morgan fingerprint density at radius 2 is 1.53 bits per heavy atom. The van der Waals surface area contributed by atoms with E-state index in [1.807, 2.05) is 6.92 Å². The Hall–Kier alpha value is -0.700. The van der Waals surface area contributed by atoms with E-state index in [2.05, 4.69) is 41.5 Å². The average Bonchev–Trinajstić information content (AvgIpc) is 3.05. The first-order valence-electron chi connectivity index (χ1n) is 13.5. The van der Waals surface area contributed by atoms with Crippen molar-refractivity contribution in [1.29, 1.82) is 0 Å². The van der Waals surface area contributed by atoms with E-state index in [-0.39, 0.29) is 27.9 Å². The predicted octanol–water partition coefficient (Wildman–Crippen LogP) is 6.22. The van der Waals surface area contributed by atoms with Gasteiger partial charge in [0.2, 0.25) is 0 Å². The van der Waals surface area contributed by atoms with Gasteiger partial charge in [-0.15, -0.1) is 0 Å². The second-order valence-corrected chi connectivity index (χ2v) is 14.4. The molecule has 3 nitrogen and oxygen atoms in total. The van der Waals surface area contributed by atoms with Crippen molar-refractivity contribution >= 4 is 11.6 Å². The summed E-state index contributed by atoms with van der Waals surface area (Å²) < 4.78 is 0. The molecule has 0 bridgehead atoms. The van der Waals surface area contributed by atoms with Gasteiger partial charge < -0.3 is 5.11 Å². The number of aliphatic hydroxyl groups is 1. The summed E-state index contributed by atoms with van der Waals surface area (Å²) in [5.74, 6) is 2.80. The quantitative estimate of drug-likeness (QED) is 0.525. The lowest BCUT2D eigenvalue weighted by Gasteiger charge is -2.72. The highest BCUT2D eigenvalue weighted by Gasteiger charge is 2.71. The van der Waals surface area contributed by atoms with Crippen LogP contribution in [0.3, 0.4) is 0 Å². The third kappa shape index (κ3) is 2.58. The Bertz CT molecular complexity index is 845. The molecule has 5 fully saturated rings. The third-order valence-electron chi connectivity index (χ3n) is 13.1. The number of Topliss-reactive ketones (excluding diaryl/α,β-unsaturated/α-hetero) is 2. The van der Waals surface area contributed by atoms with Crippen LogP contribution in [0.4, 0.5) is 0 Å². The van der Waals surface area contributed by atoms with E-state index in [4.69, 9.17) is 0 Å². The molecule has 5 aliphatic rings. The third-order valence-corrected chi connectivity index (χ3v) is 13.1. The van der Waals surface area contributed by atoms with E-state index in [1.54, 1.807) is 0 Å². The molecular weight excluding hydrogens is 396 g/mol. The Morgan fingerprint density at radius 3 is 2.19 bits per heavy atom. The summed E-state index contributed by atoms with van der Waals surface area (Å²) in [6, 6.07) is 0. The molecule has 0 spiro atoms. The molecule has 0 aliphatic heterocycles. The van der Waals surface area contributed by atoms with Gasteiger partial charge in [0.25, 0.3) is 0 Å². The van der Waals surface area contributed by atoms with Crippen molar-refractivity contribution in [2.24, 2.45) is 56.7 Å². The highest BCUT2D eigenvalue weighted by Crippen LogP contribution is 2.77. The maximum atomic E-state index is 13.0. The van der Waals surface area contributed by atoms with Crippen LogP contribution in [0.2, 0.25) is 0 Å². The molecule has 4 unspecified atom stereocenters. The van der Waals surface area contributed by atoms with E-state index in [9.17, 15) is 14.7 Å². The van der Waals surface area contributed by atoms with Crippen molar-refractivity contribution in [1.82, 2.24) is 0 Å². The monoisotopic (exact) mass is 442 g/mol. The molecule has 0 radical (unpaired) electrons. The number of aliphatic hydroxyl groups excluding tert-OH is 1. The Labute approximate surface area is 195 Å². The van der Waals surface area contributed by atoms with Crippen LogP contribution in [0, 0.1) is 56.7 Å². The smallest absolute Gasteiger partial charge is 0.167 e. The summed E-state index contributed by atoms with van der Waals surface area (Å²) in [4.78, 5) is 25.7. The first-order chi connectivity index (χ1) is 14.7. The Morgan fingerprint density at radius 1 is 0.844 bits per heavy atom. The molecule has 180 valence electrons. The fourth-order valence-corrected chi connectivity index (χ4v) is 11.3. The molecular formula is C29H46O3. The fraction of sp³-hybridized carbons (Fsp3) is 0.931. The molecule has 5 saturated carbocycles. The molecule has 0 heterocycles. The second-order valence-electron chi connectivity index (χ2n) is 14.4. The number of ketones is 2. The minimum Gasteiger partial charge on any atom is -0.385 e. The minimum atomic E-state index is -0.814. The predicted molar refractivity (Wildman–Crippen MR) is 127 cm³/mol. The van der Waals surface area contributed by atoms with E-state index in [1.165, 1.54) is 38.5 Å². The van der Waals surface area contributed by atoms with Crippen LogP contribution in [-0.2, 0) is 9.59 Å². The molecule has 3 heteroatoms. The SMILES string of the molecule is CC(=O)[C@@H]1CC[C@]2(C)CC[C@]3(C)C(CCC4[C@@]5(C)C[C@H](O)C(=O)C(C)(C)C5CC[C@]43C)C12. The van der Waals surface area contributed by atoms with Crippen LogP contribution >= 0.6 is 0 Å². The van der Waals surface area contributed by atoms with Gasteiger partial charge in [-0.3, -0.25) is 9.59 Å². The summed E-state index contributed by atoms with van der Waals surface area (Å²) in [6.07, 6.45) is 9.34. The normalized spacial score (nSPS) is 56.6.